The van der Waals surface area contributed by atoms with Crippen LogP contribution in [0.3, 0.4) is 0 Å². The first-order valence-corrected chi connectivity index (χ1v) is 22.6. The molecule has 0 saturated heterocycles. The zero-order valence-corrected chi connectivity index (χ0v) is 35.7. The minimum absolute atomic E-state index is 0.0176. The number of hydrogen-bond donors (Lipinski definition) is 0. The van der Waals surface area contributed by atoms with Crippen LogP contribution in [0.25, 0.3) is 22.3 Å². The number of hydrogen-bond acceptors (Lipinski definition) is 2. The van der Waals surface area contributed by atoms with E-state index in [2.05, 4.69) is 174 Å². The van der Waals surface area contributed by atoms with Crippen LogP contribution < -0.4 is 9.64 Å². The van der Waals surface area contributed by atoms with E-state index < -0.39 is 0 Å². The lowest BCUT2D eigenvalue weighted by Gasteiger charge is -2.63. The van der Waals surface area contributed by atoms with Gasteiger partial charge in [0.25, 0.3) is 0 Å². The largest absolute Gasteiger partial charge is 0.457 e. The molecule has 1 heterocycles. The summed E-state index contributed by atoms with van der Waals surface area (Å²) in [6.07, 6.45) is 9.15. The molecule has 2 nitrogen and oxygen atoms in total. The van der Waals surface area contributed by atoms with E-state index in [4.69, 9.17) is 4.74 Å². The molecule has 0 radical (unpaired) electrons. The molecule has 59 heavy (non-hydrogen) atoms. The van der Waals surface area contributed by atoms with E-state index in [0.717, 1.165) is 29.8 Å². The Kier molecular flexibility index (Phi) is 7.44. The van der Waals surface area contributed by atoms with Crippen molar-refractivity contribution in [3.8, 4) is 33.8 Å². The van der Waals surface area contributed by atoms with Crippen molar-refractivity contribution in [1.82, 2.24) is 0 Å². The Labute approximate surface area is 351 Å². The molecule has 6 aliphatic carbocycles. The van der Waals surface area contributed by atoms with Gasteiger partial charge in [-0.2, -0.15) is 0 Å². The van der Waals surface area contributed by atoms with Crippen LogP contribution in [0.2, 0.25) is 0 Å². The van der Waals surface area contributed by atoms with E-state index in [0.29, 0.717) is 11.8 Å². The summed E-state index contributed by atoms with van der Waals surface area (Å²) in [6.45, 7) is 14.6. The van der Waals surface area contributed by atoms with E-state index >= 15 is 0 Å². The second kappa shape index (κ2) is 12.2. The molecule has 6 aromatic rings. The maximum atomic E-state index is 7.34. The summed E-state index contributed by atoms with van der Waals surface area (Å²) in [7, 11) is 0. The number of rotatable bonds is 4. The third kappa shape index (κ3) is 4.98. The summed E-state index contributed by atoms with van der Waals surface area (Å²) in [5.41, 5.74) is 17.5. The lowest BCUT2D eigenvalue weighted by Crippen LogP contribution is -2.57. The molecule has 296 valence electrons. The van der Waals surface area contributed by atoms with Gasteiger partial charge in [-0.25, -0.2) is 0 Å². The highest BCUT2D eigenvalue weighted by Crippen LogP contribution is 2.69. The van der Waals surface area contributed by atoms with Gasteiger partial charge in [0.2, 0.25) is 0 Å². The fourth-order valence-electron chi connectivity index (χ4n) is 14.1. The molecule has 0 aromatic heterocycles. The van der Waals surface area contributed by atoms with Gasteiger partial charge in [0.1, 0.15) is 11.5 Å². The fourth-order valence-corrected chi connectivity index (χ4v) is 14.1. The molecule has 4 fully saturated rings. The van der Waals surface area contributed by atoms with Crippen molar-refractivity contribution >= 4 is 17.1 Å². The van der Waals surface area contributed by atoms with Crippen LogP contribution in [0, 0.1) is 23.7 Å². The van der Waals surface area contributed by atoms with Crippen LogP contribution in [0.4, 0.5) is 17.1 Å². The van der Waals surface area contributed by atoms with Crippen molar-refractivity contribution in [3.63, 3.8) is 0 Å². The molecular formula is C57H57NO. The number of anilines is 3. The van der Waals surface area contributed by atoms with Gasteiger partial charge in [-0.05, 0) is 154 Å². The van der Waals surface area contributed by atoms with Gasteiger partial charge in [0.05, 0.1) is 5.69 Å². The van der Waals surface area contributed by atoms with Crippen LogP contribution in [0.1, 0.15) is 120 Å². The number of fused-ring (bicyclic) bond motifs is 6. The second-order valence-electron chi connectivity index (χ2n) is 21.2. The van der Waals surface area contributed by atoms with Crippen molar-refractivity contribution in [3.05, 3.63) is 161 Å². The van der Waals surface area contributed by atoms with E-state index in [9.17, 15) is 0 Å². The lowest BCUT2D eigenvalue weighted by atomic mass is 9.42. The zero-order chi connectivity index (χ0) is 40.1. The molecule has 4 saturated carbocycles. The molecule has 1 aliphatic heterocycles. The van der Waals surface area contributed by atoms with Gasteiger partial charge in [-0.15, -0.1) is 0 Å². The molecule has 0 unspecified atom stereocenters. The third-order valence-electron chi connectivity index (χ3n) is 16.7. The normalized spacial score (nSPS) is 26.6. The molecule has 0 amide bonds. The fraction of sp³-hybridized carbons (Fsp3) is 0.368. The molecule has 0 atom stereocenters. The molecule has 4 bridgehead atoms. The van der Waals surface area contributed by atoms with E-state index in [1.165, 1.54) is 111 Å². The van der Waals surface area contributed by atoms with Crippen molar-refractivity contribution < 1.29 is 4.74 Å². The topological polar surface area (TPSA) is 12.5 Å². The average Bonchev–Trinajstić information content (AvgIpc) is 3.46. The minimum atomic E-state index is -0.101. The molecule has 13 rings (SSSR count). The van der Waals surface area contributed by atoms with Gasteiger partial charge in [-0.3, -0.25) is 0 Å². The van der Waals surface area contributed by atoms with Gasteiger partial charge >= 0.3 is 0 Å². The van der Waals surface area contributed by atoms with Crippen LogP contribution >= 0.6 is 0 Å². The van der Waals surface area contributed by atoms with Crippen molar-refractivity contribution in [2.75, 3.05) is 4.90 Å². The Balaban J connectivity index is 1.08. The van der Waals surface area contributed by atoms with Crippen molar-refractivity contribution in [1.29, 1.82) is 0 Å². The summed E-state index contributed by atoms with van der Waals surface area (Å²) in [5.74, 6) is 5.17. The first-order chi connectivity index (χ1) is 28.4. The highest BCUT2D eigenvalue weighted by atomic mass is 16.5. The molecule has 1 spiro atoms. The number of ether oxygens (including phenoxy) is 1. The highest BCUT2D eigenvalue weighted by Gasteiger charge is 2.61. The third-order valence-corrected chi connectivity index (χ3v) is 16.7. The Morgan fingerprint density at radius 1 is 0.475 bits per heavy atom. The second-order valence-corrected chi connectivity index (χ2v) is 21.2. The van der Waals surface area contributed by atoms with Gasteiger partial charge in [-0.1, -0.05) is 133 Å². The summed E-state index contributed by atoms with van der Waals surface area (Å²) in [5, 5.41) is 0. The molecular weight excluding hydrogens is 715 g/mol. The molecule has 2 heteroatoms. The van der Waals surface area contributed by atoms with E-state index in [1.54, 1.807) is 0 Å². The number of nitrogens with zero attached hydrogens (tertiary/aromatic N) is 1. The molecule has 0 N–H and O–H groups in total. The van der Waals surface area contributed by atoms with Gasteiger partial charge in [0, 0.05) is 39.4 Å². The Hall–Kier alpha value is -5.08. The number of benzene rings is 6. The predicted octanol–water partition coefficient (Wildman–Crippen LogP) is 15.3. The molecule has 6 aromatic carbocycles. The summed E-state index contributed by atoms with van der Waals surface area (Å²) < 4.78 is 7.34. The van der Waals surface area contributed by atoms with Gasteiger partial charge < -0.3 is 9.64 Å². The first kappa shape index (κ1) is 35.8. The Bertz CT molecular complexity index is 2670. The minimum Gasteiger partial charge on any atom is -0.457 e. The smallest absolute Gasteiger partial charge is 0.133 e. The lowest BCUT2D eigenvalue weighted by molar-refractivity contribution is -0.0452. The van der Waals surface area contributed by atoms with Crippen LogP contribution in [-0.4, -0.2) is 0 Å². The van der Waals surface area contributed by atoms with Crippen LogP contribution in [0.5, 0.6) is 11.5 Å². The standard InChI is InChI=1S/C57H57NO/c1-54(2)25-26-55(3,4)53-48(54)17-12-18-50(53)58(41-20-22-44-43-15-10-11-16-45(43)56(5,6)49(44)33-41)42-21-24-47-52(34-42)59-51-32-38(37-13-8-7-9-14-37)19-23-46(51)57(47)39-28-35-27-36(30-39)31-40(57)29-35/h7-24,32-36,39-40H,25-31H2,1-6H3. The van der Waals surface area contributed by atoms with Crippen molar-refractivity contribution in [2.24, 2.45) is 23.7 Å². The summed E-state index contributed by atoms with van der Waals surface area (Å²) in [6, 6.07) is 48.9. The SMILES string of the molecule is CC1(C)CCC(C)(C)c2c(N(c3ccc4c(c3)Oc3cc(-c5ccccc5)ccc3C43C4CC5CC(C4)CC3C5)c3ccc4c(c3)C(C)(C)c3ccccc3-4)cccc21. The van der Waals surface area contributed by atoms with E-state index in [-0.39, 0.29) is 21.7 Å². The van der Waals surface area contributed by atoms with E-state index in [1.807, 2.05) is 0 Å². The first-order valence-electron chi connectivity index (χ1n) is 22.6. The maximum Gasteiger partial charge on any atom is 0.133 e. The summed E-state index contributed by atoms with van der Waals surface area (Å²) in [4.78, 5) is 2.60. The average molecular weight is 772 g/mol. The highest BCUT2D eigenvalue weighted by molar-refractivity contribution is 5.87. The summed E-state index contributed by atoms with van der Waals surface area (Å²) >= 11 is 0. The van der Waals surface area contributed by atoms with Crippen LogP contribution in [0.15, 0.2) is 127 Å². The molecule has 7 aliphatic rings. The monoisotopic (exact) mass is 771 g/mol. The van der Waals surface area contributed by atoms with Crippen molar-refractivity contribution in [2.45, 2.75) is 108 Å². The predicted molar refractivity (Wildman–Crippen MR) is 244 cm³/mol. The zero-order valence-electron chi connectivity index (χ0n) is 35.7. The maximum absolute atomic E-state index is 7.34. The van der Waals surface area contributed by atoms with Crippen LogP contribution in [-0.2, 0) is 21.7 Å². The van der Waals surface area contributed by atoms with Gasteiger partial charge in [0.15, 0.2) is 0 Å². The Morgan fingerprint density at radius 2 is 1.08 bits per heavy atom. The quantitative estimate of drug-likeness (QED) is 0.177. The Morgan fingerprint density at radius 3 is 1.85 bits per heavy atom.